The summed E-state index contributed by atoms with van der Waals surface area (Å²) < 4.78 is 5.22. The van der Waals surface area contributed by atoms with Crippen LogP contribution in [0, 0.1) is 0 Å². The maximum absolute atomic E-state index is 11.2. The number of nitrogens with zero attached hydrogens (tertiary/aromatic N) is 1. The molecule has 0 saturated heterocycles. The molecule has 3 nitrogen and oxygen atoms in total. The number of hydrogen-bond acceptors (Lipinski definition) is 2. The van der Waals surface area contributed by atoms with Crippen molar-refractivity contribution in [3.05, 3.63) is 35.5 Å². The molecule has 0 aromatic carbocycles. The van der Waals surface area contributed by atoms with Crippen LogP contribution in [0.15, 0.2) is 40.4 Å². The van der Waals surface area contributed by atoms with E-state index in [1.165, 1.54) is 0 Å². The van der Waals surface area contributed by atoms with E-state index in [1.807, 2.05) is 25.2 Å². The Morgan fingerprint density at radius 1 is 1.50 bits per heavy atom. The van der Waals surface area contributed by atoms with Crippen molar-refractivity contribution < 1.29 is 9.53 Å². The van der Waals surface area contributed by atoms with Crippen LogP contribution in [-0.2, 0) is 9.53 Å². The predicted octanol–water partition coefficient (Wildman–Crippen LogP) is 1.43. The number of methoxy groups -OCH3 is 1. The number of allylic oxidation sites excluding steroid dienone is 3. The third kappa shape index (κ3) is 1.36. The molecule has 0 fully saturated rings. The highest BCUT2D eigenvalue weighted by Gasteiger charge is 2.24. The van der Waals surface area contributed by atoms with Gasteiger partial charge >= 0.3 is 0 Å². The number of aliphatic imine (C=N–C) groups is 1. The van der Waals surface area contributed by atoms with Gasteiger partial charge in [-0.15, -0.1) is 0 Å². The SMILES string of the molecule is COC1C=CC=C2C(C)=CC(=O)N=C21. The highest BCUT2D eigenvalue weighted by molar-refractivity contribution is 6.18. The molecule has 0 bridgehead atoms. The number of hydrogen-bond donors (Lipinski definition) is 0. The molecular formula is C11H11NO2. The molecule has 0 aromatic heterocycles. The first-order valence-electron chi connectivity index (χ1n) is 4.45. The zero-order valence-electron chi connectivity index (χ0n) is 8.15. The monoisotopic (exact) mass is 189 g/mol. The van der Waals surface area contributed by atoms with Crippen LogP contribution >= 0.6 is 0 Å². The summed E-state index contributed by atoms with van der Waals surface area (Å²) in [5.74, 6) is -0.202. The van der Waals surface area contributed by atoms with E-state index in [4.69, 9.17) is 4.74 Å². The average Bonchev–Trinajstić information content (AvgIpc) is 2.17. The maximum Gasteiger partial charge on any atom is 0.270 e. The minimum Gasteiger partial charge on any atom is -0.371 e. The lowest BCUT2D eigenvalue weighted by molar-refractivity contribution is -0.113. The quantitative estimate of drug-likeness (QED) is 0.625. The van der Waals surface area contributed by atoms with E-state index in [9.17, 15) is 4.79 Å². The van der Waals surface area contributed by atoms with Gasteiger partial charge in [0, 0.05) is 18.8 Å². The number of carbonyl (C=O) groups is 1. The van der Waals surface area contributed by atoms with Gasteiger partial charge in [-0.05, 0) is 18.6 Å². The molecule has 0 radical (unpaired) electrons. The molecule has 0 spiro atoms. The second kappa shape index (κ2) is 3.35. The zero-order valence-corrected chi connectivity index (χ0v) is 8.15. The zero-order chi connectivity index (χ0) is 10.1. The highest BCUT2D eigenvalue weighted by Crippen LogP contribution is 2.23. The first-order valence-corrected chi connectivity index (χ1v) is 4.45. The smallest absolute Gasteiger partial charge is 0.270 e. The topological polar surface area (TPSA) is 38.7 Å². The largest absolute Gasteiger partial charge is 0.371 e. The second-order valence-electron chi connectivity index (χ2n) is 3.28. The van der Waals surface area contributed by atoms with Gasteiger partial charge in [0.15, 0.2) is 0 Å². The van der Waals surface area contributed by atoms with Crippen LogP contribution in [-0.4, -0.2) is 24.8 Å². The molecule has 0 saturated carbocycles. The van der Waals surface area contributed by atoms with Gasteiger partial charge in [-0.3, -0.25) is 4.79 Å². The summed E-state index contributed by atoms with van der Waals surface area (Å²) in [6.07, 6.45) is 7.11. The van der Waals surface area contributed by atoms with Crippen molar-refractivity contribution >= 4 is 11.6 Å². The molecule has 3 heteroatoms. The van der Waals surface area contributed by atoms with Crippen molar-refractivity contribution in [2.45, 2.75) is 13.0 Å². The highest BCUT2D eigenvalue weighted by atomic mass is 16.5. The molecule has 72 valence electrons. The Hall–Kier alpha value is -1.48. The van der Waals surface area contributed by atoms with E-state index >= 15 is 0 Å². The molecule has 1 amide bonds. The number of rotatable bonds is 1. The van der Waals surface area contributed by atoms with E-state index in [-0.39, 0.29) is 12.0 Å². The molecule has 1 aliphatic heterocycles. The molecule has 0 N–H and O–H groups in total. The minimum atomic E-state index is -0.202. The van der Waals surface area contributed by atoms with Crippen LogP contribution < -0.4 is 0 Å². The first-order chi connectivity index (χ1) is 6.72. The average molecular weight is 189 g/mol. The summed E-state index contributed by atoms with van der Waals surface area (Å²) in [7, 11) is 1.61. The van der Waals surface area contributed by atoms with Crippen LogP contribution in [0.4, 0.5) is 0 Å². The van der Waals surface area contributed by atoms with Crippen LogP contribution in [0.25, 0.3) is 0 Å². The molecule has 2 aliphatic rings. The number of fused-ring (bicyclic) bond motifs is 1. The van der Waals surface area contributed by atoms with Crippen molar-refractivity contribution in [2.24, 2.45) is 4.99 Å². The summed E-state index contributed by atoms with van der Waals surface area (Å²) in [6.45, 7) is 1.91. The molecule has 2 rings (SSSR count). The Morgan fingerprint density at radius 2 is 2.29 bits per heavy atom. The van der Waals surface area contributed by atoms with Crippen LogP contribution in [0.2, 0.25) is 0 Å². The van der Waals surface area contributed by atoms with E-state index < -0.39 is 0 Å². The number of dihydropyridines is 1. The van der Waals surface area contributed by atoms with Gasteiger partial charge in [0.25, 0.3) is 5.91 Å². The molecular weight excluding hydrogens is 178 g/mol. The summed E-state index contributed by atoms with van der Waals surface area (Å²) in [4.78, 5) is 15.2. The summed E-state index contributed by atoms with van der Waals surface area (Å²) in [6, 6.07) is 0. The number of ether oxygens (including phenoxy) is 1. The second-order valence-corrected chi connectivity index (χ2v) is 3.28. The Labute approximate surface area is 82.5 Å². The lowest BCUT2D eigenvalue weighted by atomic mass is 9.92. The van der Waals surface area contributed by atoms with Crippen molar-refractivity contribution in [3.63, 3.8) is 0 Å². The van der Waals surface area contributed by atoms with E-state index in [1.54, 1.807) is 13.2 Å². The Morgan fingerprint density at radius 3 is 3.00 bits per heavy atom. The molecule has 1 unspecified atom stereocenters. The number of carbonyl (C=O) groups excluding carboxylic acids is 1. The summed E-state index contributed by atoms with van der Waals surface area (Å²) in [5, 5.41) is 0. The Bertz CT molecular complexity index is 400. The van der Waals surface area contributed by atoms with Gasteiger partial charge in [0.2, 0.25) is 0 Å². The molecule has 1 aliphatic carbocycles. The molecule has 1 heterocycles. The fourth-order valence-corrected chi connectivity index (χ4v) is 1.64. The third-order valence-electron chi connectivity index (χ3n) is 2.34. The van der Waals surface area contributed by atoms with Gasteiger partial charge in [-0.2, -0.15) is 0 Å². The molecule has 0 aromatic rings. The lowest BCUT2D eigenvalue weighted by Gasteiger charge is -2.22. The van der Waals surface area contributed by atoms with Crippen molar-refractivity contribution in [2.75, 3.05) is 7.11 Å². The molecule has 1 atom stereocenters. The van der Waals surface area contributed by atoms with Crippen molar-refractivity contribution in [1.29, 1.82) is 0 Å². The first kappa shape index (κ1) is 9.09. The van der Waals surface area contributed by atoms with E-state index in [0.29, 0.717) is 0 Å². The normalized spacial score (nSPS) is 25.1. The Kier molecular flexibility index (Phi) is 2.17. The van der Waals surface area contributed by atoms with Crippen molar-refractivity contribution in [1.82, 2.24) is 0 Å². The van der Waals surface area contributed by atoms with Gasteiger partial charge in [-0.25, -0.2) is 4.99 Å². The van der Waals surface area contributed by atoms with Crippen molar-refractivity contribution in [3.8, 4) is 0 Å². The van der Waals surface area contributed by atoms with Gasteiger partial charge in [0.05, 0.1) is 5.71 Å². The van der Waals surface area contributed by atoms with Crippen LogP contribution in [0.3, 0.4) is 0 Å². The van der Waals surface area contributed by atoms with E-state index in [2.05, 4.69) is 4.99 Å². The summed E-state index contributed by atoms with van der Waals surface area (Å²) >= 11 is 0. The predicted molar refractivity (Wildman–Crippen MR) is 54.2 cm³/mol. The van der Waals surface area contributed by atoms with Gasteiger partial charge in [-0.1, -0.05) is 12.2 Å². The maximum atomic E-state index is 11.2. The fraction of sp³-hybridized carbons (Fsp3) is 0.273. The molecule has 14 heavy (non-hydrogen) atoms. The van der Waals surface area contributed by atoms with Crippen LogP contribution in [0.5, 0.6) is 0 Å². The number of amides is 1. The standard InChI is InChI=1S/C11H11NO2/c1-7-6-10(13)12-11-8(7)4-3-5-9(11)14-2/h3-6,9H,1-2H3. The third-order valence-corrected chi connectivity index (χ3v) is 2.34. The van der Waals surface area contributed by atoms with Gasteiger partial charge < -0.3 is 4.74 Å². The van der Waals surface area contributed by atoms with Crippen LogP contribution in [0.1, 0.15) is 6.92 Å². The van der Waals surface area contributed by atoms with Gasteiger partial charge in [0.1, 0.15) is 6.10 Å². The lowest BCUT2D eigenvalue weighted by Crippen LogP contribution is -2.28. The van der Waals surface area contributed by atoms with E-state index in [0.717, 1.165) is 16.9 Å². The minimum absolute atomic E-state index is 0.192. The Balaban J connectivity index is 2.46. The fourth-order valence-electron chi connectivity index (χ4n) is 1.64. The summed E-state index contributed by atoms with van der Waals surface area (Å²) in [5.41, 5.74) is 2.67.